The summed E-state index contributed by atoms with van der Waals surface area (Å²) < 4.78 is 1.84. The van der Waals surface area contributed by atoms with Gasteiger partial charge in [-0.15, -0.1) is 0 Å². The van der Waals surface area contributed by atoms with Crippen molar-refractivity contribution in [2.45, 2.75) is 45.7 Å². The highest BCUT2D eigenvalue weighted by molar-refractivity contribution is 5.85. The Morgan fingerprint density at radius 3 is 2.42 bits per heavy atom. The fraction of sp³-hybridized carbons (Fsp3) is 0.273. The van der Waals surface area contributed by atoms with Crippen LogP contribution >= 0.6 is 0 Å². The number of aryl methyl sites for hydroxylation is 1. The number of benzene rings is 3. The Labute approximate surface area is 225 Å². The van der Waals surface area contributed by atoms with Crippen LogP contribution in [0.25, 0.3) is 17.2 Å². The van der Waals surface area contributed by atoms with E-state index in [4.69, 9.17) is 5.11 Å². The lowest BCUT2D eigenvalue weighted by molar-refractivity contribution is -0.131. The SMILES string of the molecule is CC(C)Cc1ccc(N2C(C)Cc3cc(-c4cnn(C)c4)ccc3C2c2ccc(/C=C/C(=O)O)cc2)cc1. The van der Waals surface area contributed by atoms with Crippen LogP contribution in [0.3, 0.4) is 0 Å². The van der Waals surface area contributed by atoms with Crippen molar-refractivity contribution < 1.29 is 9.90 Å². The number of carboxylic acids is 1. The molecule has 0 saturated carbocycles. The van der Waals surface area contributed by atoms with Crippen LogP contribution in [0.4, 0.5) is 5.69 Å². The molecular formula is C33H35N3O2. The maximum atomic E-state index is 11.0. The fourth-order valence-corrected chi connectivity index (χ4v) is 5.60. The summed E-state index contributed by atoms with van der Waals surface area (Å²) in [5, 5.41) is 13.4. The molecule has 5 heteroatoms. The van der Waals surface area contributed by atoms with Crippen molar-refractivity contribution in [2.24, 2.45) is 13.0 Å². The van der Waals surface area contributed by atoms with Crippen LogP contribution in [0.5, 0.6) is 0 Å². The van der Waals surface area contributed by atoms with E-state index in [-0.39, 0.29) is 6.04 Å². The quantitative estimate of drug-likeness (QED) is 0.277. The van der Waals surface area contributed by atoms with Gasteiger partial charge in [-0.1, -0.05) is 68.4 Å². The predicted molar refractivity (Wildman–Crippen MR) is 154 cm³/mol. The number of nitrogens with zero attached hydrogens (tertiary/aromatic N) is 3. The van der Waals surface area contributed by atoms with Gasteiger partial charge in [-0.2, -0.15) is 5.10 Å². The van der Waals surface area contributed by atoms with Crippen molar-refractivity contribution in [3.05, 3.63) is 113 Å². The molecule has 2 heterocycles. The highest BCUT2D eigenvalue weighted by Gasteiger charge is 2.33. The van der Waals surface area contributed by atoms with E-state index < -0.39 is 5.97 Å². The third-order valence-corrected chi connectivity index (χ3v) is 7.29. The second kappa shape index (κ2) is 10.7. The first-order valence-corrected chi connectivity index (χ1v) is 13.3. The summed E-state index contributed by atoms with van der Waals surface area (Å²) in [5.74, 6) is -0.322. The average Bonchev–Trinajstić information content (AvgIpc) is 3.33. The molecule has 5 rings (SSSR count). The Balaban J connectivity index is 1.57. The van der Waals surface area contributed by atoms with Crippen LogP contribution in [-0.4, -0.2) is 26.9 Å². The minimum Gasteiger partial charge on any atom is -0.478 e. The Kier molecular flexibility index (Phi) is 7.19. The number of aliphatic carboxylic acids is 1. The number of carbonyl (C=O) groups is 1. The van der Waals surface area contributed by atoms with Crippen LogP contribution in [-0.2, 0) is 24.7 Å². The predicted octanol–water partition coefficient (Wildman–Crippen LogP) is 6.92. The number of fused-ring (bicyclic) bond motifs is 1. The summed E-state index contributed by atoms with van der Waals surface area (Å²) in [5.41, 5.74) is 9.60. The topological polar surface area (TPSA) is 58.4 Å². The van der Waals surface area contributed by atoms with Gasteiger partial charge in [0.1, 0.15) is 0 Å². The zero-order valence-electron chi connectivity index (χ0n) is 22.5. The number of rotatable bonds is 7. The summed E-state index contributed by atoms with van der Waals surface area (Å²) in [6, 6.07) is 24.4. The zero-order chi connectivity index (χ0) is 26.8. The molecule has 38 heavy (non-hydrogen) atoms. The standard InChI is InChI=1S/C33H35N3O2/c1-22(2)17-25-7-13-30(14-8-25)36-23(3)18-28-19-27(29-20-34-35(4)21-29)12-15-31(28)33(36)26-10-5-24(6-11-26)9-16-32(37)38/h5-16,19-23,33H,17-18H2,1-4H3,(H,37,38)/b16-9+. The molecule has 1 aromatic heterocycles. The highest BCUT2D eigenvalue weighted by Crippen LogP contribution is 2.42. The van der Waals surface area contributed by atoms with Crippen molar-refractivity contribution in [1.29, 1.82) is 0 Å². The molecule has 0 amide bonds. The van der Waals surface area contributed by atoms with Crippen LogP contribution < -0.4 is 4.90 Å². The summed E-state index contributed by atoms with van der Waals surface area (Å²) in [6.07, 6.45) is 8.81. The minimum absolute atomic E-state index is 0.0464. The lowest BCUT2D eigenvalue weighted by Crippen LogP contribution is -2.42. The Hall–Kier alpha value is -4.12. The number of hydrogen-bond acceptors (Lipinski definition) is 3. The molecule has 0 bridgehead atoms. The van der Waals surface area contributed by atoms with Gasteiger partial charge in [0.25, 0.3) is 0 Å². The molecule has 1 N–H and O–H groups in total. The van der Waals surface area contributed by atoms with Gasteiger partial charge in [0.05, 0.1) is 12.2 Å². The molecule has 3 aromatic carbocycles. The molecule has 0 aliphatic carbocycles. The largest absolute Gasteiger partial charge is 0.478 e. The zero-order valence-corrected chi connectivity index (χ0v) is 22.5. The Bertz CT molecular complexity index is 1450. The van der Waals surface area contributed by atoms with E-state index >= 15 is 0 Å². The molecule has 0 spiro atoms. The van der Waals surface area contributed by atoms with Crippen molar-refractivity contribution in [3.63, 3.8) is 0 Å². The van der Waals surface area contributed by atoms with Crippen molar-refractivity contribution in [1.82, 2.24) is 9.78 Å². The molecule has 0 radical (unpaired) electrons. The second-order valence-corrected chi connectivity index (χ2v) is 10.8. The Morgan fingerprint density at radius 2 is 1.79 bits per heavy atom. The van der Waals surface area contributed by atoms with Gasteiger partial charge in [-0.05, 0) is 77.3 Å². The minimum atomic E-state index is -0.944. The number of carboxylic acid groups (broad SMARTS) is 1. The van der Waals surface area contributed by atoms with Crippen LogP contribution in [0.1, 0.15) is 54.6 Å². The summed E-state index contributed by atoms with van der Waals surface area (Å²) in [4.78, 5) is 13.5. The maximum absolute atomic E-state index is 11.0. The summed E-state index contributed by atoms with van der Waals surface area (Å²) in [6.45, 7) is 6.81. The number of aromatic nitrogens is 2. The van der Waals surface area contributed by atoms with E-state index in [1.807, 2.05) is 30.1 Å². The molecular weight excluding hydrogens is 470 g/mol. The fourth-order valence-electron chi connectivity index (χ4n) is 5.60. The molecule has 1 aliphatic heterocycles. The molecule has 2 unspecified atom stereocenters. The van der Waals surface area contributed by atoms with E-state index in [1.165, 1.54) is 39.6 Å². The van der Waals surface area contributed by atoms with Gasteiger partial charge >= 0.3 is 5.97 Å². The summed E-state index contributed by atoms with van der Waals surface area (Å²) >= 11 is 0. The van der Waals surface area contributed by atoms with E-state index in [0.29, 0.717) is 12.0 Å². The lowest BCUT2D eigenvalue weighted by atomic mass is 9.83. The van der Waals surface area contributed by atoms with Crippen molar-refractivity contribution >= 4 is 17.7 Å². The monoisotopic (exact) mass is 505 g/mol. The van der Waals surface area contributed by atoms with Gasteiger partial charge < -0.3 is 10.0 Å². The third kappa shape index (κ3) is 5.42. The smallest absolute Gasteiger partial charge is 0.328 e. The number of anilines is 1. The maximum Gasteiger partial charge on any atom is 0.328 e. The average molecular weight is 506 g/mol. The molecule has 194 valence electrons. The normalized spacial score (nSPS) is 17.2. The van der Waals surface area contributed by atoms with Gasteiger partial charge in [-0.3, -0.25) is 4.68 Å². The molecule has 0 saturated heterocycles. The summed E-state index contributed by atoms with van der Waals surface area (Å²) in [7, 11) is 1.94. The van der Waals surface area contributed by atoms with Crippen LogP contribution in [0.2, 0.25) is 0 Å². The van der Waals surface area contributed by atoms with Crippen molar-refractivity contribution in [2.75, 3.05) is 4.90 Å². The lowest BCUT2D eigenvalue weighted by Gasteiger charge is -2.44. The van der Waals surface area contributed by atoms with Crippen LogP contribution in [0.15, 0.2) is 85.2 Å². The third-order valence-electron chi connectivity index (χ3n) is 7.29. The first-order chi connectivity index (χ1) is 18.3. The highest BCUT2D eigenvalue weighted by atomic mass is 16.4. The first-order valence-electron chi connectivity index (χ1n) is 13.3. The first kappa shape index (κ1) is 25.5. The van der Waals surface area contributed by atoms with Crippen molar-refractivity contribution in [3.8, 4) is 11.1 Å². The van der Waals surface area contributed by atoms with E-state index in [1.54, 1.807) is 6.08 Å². The van der Waals surface area contributed by atoms with Gasteiger partial charge in [0.2, 0.25) is 0 Å². The van der Waals surface area contributed by atoms with E-state index in [9.17, 15) is 4.79 Å². The van der Waals surface area contributed by atoms with Gasteiger partial charge in [-0.25, -0.2) is 4.79 Å². The van der Waals surface area contributed by atoms with Gasteiger partial charge in [0, 0.05) is 36.6 Å². The Morgan fingerprint density at radius 1 is 1.05 bits per heavy atom. The molecule has 1 aliphatic rings. The van der Waals surface area contributed by atoms with Gasteiger partial charge in [0.15, 0.2) is 0 Å². The molecule has 2 atom stereocenters. The molecule has 0 fully saturated rings. The molecule has 4 aromatic rings. The number of hydrogen-bond donors (Lipinski definition) is 1. The molecule has 5 nitrogen and oxygen atoms in total. The van der Waals surface area contributed by atoms with E-state index in [2.05, 4.69) is 91.6 Å². The second-order valence-electron chi connectivity index (χ2n) is 10.8. The van der Waals surface area contributed by atoms with E-state index in [0.717, 1.165) is 24.0 Å². The van der Waals surface area contributed by atoms with Crippen LogP contribution in [0, 0.1) is 5.92 Å².